The number of amides is 1. The minimum absolute atomic E-state index is 0.0894. The molecule has 0 radical (unpaired) electrons. The molecule has 1 fully saturated rings. The van der Waals surface area contributed by atoms with Crippen molar-refractivity contribution in [2.45, 2.75) is 13.5 Å². The number of hydrogen-bond acceptors (Lipinski definition) is 4. The third-order valence-electron chi connectivity index (χ3n) is 4.54. The number of nitro groups is 1. The van der Waals surface area contributed by atoms with Gasteiger partial charge in [-0.3, -0.25) is 19.8 Å². The van der Waals surface area contributed by atoms with Gasteiger partial charge in [-0.1, -0.05) is 41.4 Å². The molecule has 7 heteroatoms. The second-order valence-electron chi connectivity index (χ2n) is 6.48. The first-order chi connectivity index (χ1) is 12.4. The number of halogens is 1. The number of carbonyl (C=O) groups is 1. The Morgan fingerprint density at radius 3 is 2.54 bits per heavy atom. The Bertz CT molecular complexity index is 833. The molecule has 2 aromatic carbocycles. The summed E-state index contributed by atoms with van der Waals surface area (Å²) in [4.78, 5) is 27.3. The second-order valence-corrected chi connectivity index (χ2v) is 6.91. The highest BCUT2D eigenvalue weighted by Gasteiger charge is 2.27. The van der Waals surface area contributed by atoms with Crippen molar-refractivity contribution in [3.63, 3.8) is 0 Å². The zero-order chi connectivity index (χ0) is 18.7. The molecule has 0 aliphatic carbocycles. The van der Waals surface area contributed by atoms with Crippen molar-refractivity contribution in [1.29, 1.82) is 0 Å². The molecule has 26 heavy (non-hydrogen) atoms. The third-order valence-corrected chi connectivity index (χ3v) is 4.77. The molecule has 2 aromatic rings. The Balaban J connectivity index is 1.65. The number of carbonyl (C=O) groups excluding carboxylic acids is 1. The summed E-state index contributed by atoms with van der Waals surface area (Å²) in [6, 6.07) is 12.5. The molecule has 0 spiro atoms. The molecule has 3 rings (SSSR count). The van der Waals surface area contributed by atoms with Gasteiger partial charge in [0.05, 0.1) is 4.92 Å². The van der Waals surface area contributed by atoms with E-state index < -0.39 is 4.92 Å². The predicted molar refractivity (Wildman–Crippen MR) is 100 cm³/mol. The fourth-order valence-electron chi connectivity index (χ4n) is 3.18. The summed E-state index contributed by atoms with van der Waals surface area (Å²) in [6.07, 6.45) is 0. The standard InChI is InChI=1S/C19H20ClN3O3/c1-14-3-2-4-15(11-14)13-21-7-9-22(10-8-21)19(24)17-6-5-16(20)12-18(17)23(25)26/h2-6,11-12H,7-10,13H2,1H3. The monoisotopic (exact) mass is 373 g/mol. The van der Waals surface area contributed by atoms with E-state index in [2.05, 4.69) is 30.0 Å². The average molecular weight is 374 g/mol. The maximum Gasteiger partial charge on any atom is 0.283 e. The lowest BCUT2D eigenvalue weighted by molar-refractivity contribution is -0.385. The quantitative estimate of drug-likeness (QED) is 0.607. The van der Waals surface area contributed by atoms with Gasteiger partial charge in [-0.05, 0) is 24.6 Å². The van der Waals surface area contributed by atoms with Crippen LogP contribution in [0, 0.1) is 17.0 Å². The maximum absolute atomic E-state index is 12.7. The molecule has 0 N–H and O–H groups in total. The Hall–Kier alpha value is -2.44. The smallest absolute Gasteiger partial charge is 0.283 e. The van der Waals surface area contributed by atoms with Gasteiger partial charge in [-0.2, -0.15) is 0 Å². The van der Waals surface area contributed by atoms with E-state index in [1.165, 1.54) is 29.3 Å². The molecule has 1 amide bonds. The number of benzene rings is 2. The first-order valence-corrected chi connectivity index (χ1v) is 8.83. The number of piperazine rings is 1. The van der Waals surface area contributed by atoms with Gasteiger partial charge in [0.15, 0.2) is 0 Å². The van der Waals surface area contributed by atoms with Gasteiger partial charge in [0.25, 0.3) is 11.6 Å². The molecule has 0 atom stereocenters. The summed E-state index contributed by atoms with van der Waals surface area (Å²) < 4.78 is 0. The van der Waals surface area contributed by atoms with Crippen LogP contribution in [0.2, 0.25) is 5.02 Å². The van der Waals surface area contributed by atoms with E-state index in [0.29, 0.717) is 13.1 Å². The zero-order valence-electron chi connectivity index (χ0n) is 14.5. The highest BCUT2D eigenvalue weighted by atomic mass is 35.5. The molecular formula is C19H20ClN3O3. The first kappa shape index (κ1) is 18.4. The van der Waals surface area contributed by atoms with Crippen LogP contribution in [0.1, 0.15) is 21.5 Å². The van der Waals surface area contributed by atoms with E-state index in [1.807, 2.05) is 6.07 Å². The lowest BCUT2D eigenvalue weighted by Gasteiger charge is -2.34. The minimum atomic E-state index is -0.562. The van der Waals surface area contributed by atoms with Crippen LogP contribution in [0.25, 0.3) is 0 Å². The summed E-state index contributed by atoms with van der Waals surface area (Å²) >= 11 is 5.82. The van der Waals surface area contributed by atoms with Crippen molar-refractivity contribution in [3.8, 4) is 0 Å². The second kappa shape index (κ2) is 7.85. The van der Waals surface area contributed by atoms with Crippen molar-refractivity contribution in [2.24, 2.45) is 0 Å². The lowest BCUT2D eigenvalue weighted by Crippen LogP contribution is -2.48. The van der Waals surface area contributed by atoms with Gasteiger partial charge in [0, 0.05) is 43.8 Å². The van der Waals surface area contributed by atoms with Gasteiger partial charge in [0.1, 0.15) is 5.56 Å². The molecule has 136 valence electrons. The highest BCUT2D eigenvalue weighted by Crippen LogP contribution is 2.25. The van der Waals surface area contributed by atoms with Gasteiger partial charge in [0.2, 0.25) is 0 Å². The fraction of sp³-hybridized carbons (Fsp3) is 0.316. The predicted octanol–water partition coefficient (Wildman–Crippen LogP) is 3.51. The molecule has 6 nitrogen and oxygen atoms in total. The maximum atomic E-state index is 12.7. The molecule has 1 saturated heterocycles. The molecule has 0 bridgehead atoms. The van der Waals surface area contributed by atoms with Crippen molar-refractivity contribution < 1.29 is 9.72 Å². The third kappa shape index (κ3) is 4.20. The topological polar surface area (TPSA) is 66.7 Å². The number of nitro benzene ring substituents is 1. The van der Waals surface area contributed by atoms with Crippen molar-refractivity contribution in [1.82, 2.24) is 9.80 Å². The summed E-state index contributed by atoms with van der Waals surface area (Å²) in [5.74, 6) is -0.316. The van der Waals surface area contributed by atoms with Crippen molar-refractivity contribution >= 4 is 23.2 Å². The number of hydrogen-bond donors (Lipinski definition) is 0. The minimum Gasteiger partial charge on any atom is -0.336 e. The largest absolute Gasteiger partial charge is 0.336 e. The molecule has 0 unspecified atom stereocenters. The molecule has 1 heterocycles. The van der Waals surface area contributed by atoms with Gasteiger partial charge < -0.3 is 4.90 Å². The van der Waals surface area contributed by atoms with Crippen LogP contribution in [0.15, 0.2) is 42.5 Å². The molecular weight excluding hydrogens is 354 g/mol. The van der Waals surface area contributed by atoms with Crippen LogP contribution < -0.4 is 0 Å². The highest BCUT2D eigenvalue weighted by molar-refractivity contribution is 6.31. The van der Waals surface area contributed by atoms with Crippen LogP contribution in [-0.2, 0) is 6.54 Å². The summed E-state index contributed by atoms with van der Waals surface area (Å²) in [5.41, 5.74) is 2.32. The Labute approximate surface area is 157 Å². The van der Waals surface area contributed by atoms with Gasteiger partial charge in [-0.25, -0.2) is 0 Å². The van der Waals surface area contributed by atoms with E-state index in [0.717, 1.165) is 19.6 Å². The fourth-order valence-corrected chi connectivity index (χ4v) is 3.35. The summed E-state index contributed by atoms with van der Waals surface area (Å²) in [7, 11) is 0. The van der Waals surface area contributed by atoms with Crippen LogP contribution in [-0.4, -0.2) is 46.8 Å². The van der Waals surface area contributed by atoms with Crippen LogP contribution in [0.4, 0.5) is 5.69 Å². The molecule has 0 aromatic heterocycles. The van der Waals surface area contributed by atoms with E-state index in [4.69, 9.17) is 11.6 Å². The van der Waals surface area contributed by atoms with E-state index in [-0.39, 0.29) is 22.2 Å². The summed E-state index contributed by atoms with van der Waals surface area (Å²) in [6.45, 7) is 5.47. The van der Waals surface area contributed by atoms with Gasteiger partial charge in [-0.15, -0.1) is 0 Å². The van der Waals surface area contributed by atoms with Crippen molar-refractivity contribution in [2.75, 3.05) is 26.2 Å². The lowest BCUT2D eigenvalue weighted by atomic mass is 10.1. The van der Waals surface area contributed by atoms with Gasteiger partial charge >= 0.3 is 0 Å². The van der Waals surface area contributed by atoms with E-state index >= 15 is 0 Å². The van der Waals surface area contributed by atoms with Crippen LogP contribution >= 0.6 is 11.6 Å². The number of aryl methyl sites for hydroxylation is 1. The molecule has 1 aliphatic heterocycles. The van der Waals surface area contributed by atoms with Crippen LogP contribution in [0.5, 0.6) is 0 Å². The number of rotatable bonds is 4. The Morgan fingerprint density at radius 2 is 1.88 bits per heavy atom. The zero-order valence-corrected chi connectivity index (χ0v) is 15.3. The SMILES string of the molecule is Cc1cccc(CN2CCN(C(=O)c3ccc(Cl)cc3[N+](=O)[O-])CC2)c1. The van der Waals surface area contributed by atoms with E-state index in [9.17, 15) is 14.9 Å². The molecule has 1 aliphatic rings. The Morgan fingerprint density at radius 1 is 1.15 bits per heavy atom. The van der Waals surface area contributed by atoms with Crippen LogP contribution in [0.3, 0.4) is 0 Å². The molecule has 0 saturated carbocycles. The Kier molecular flexibility index (Phi) is 5.54. The normalized spacial score (nSPS) is 15.1. The average Bonchev–Trinajstić information content (AvgIpc) is 2.62. The van der Waals surface area contributed by atoms with E-state index in [1.54, 1.807) is 4.90 Å². The van der Waals surface area contributed by atoms with Crippen molar-refractivity contribution in [3.05, 3.63) is 74.3 Å². The number of nitrogens with zero attached hydrogens (tertiary/aromatic N) is 3. The summed E-state index contributed by atoms with van der Waals surface area (Å²) in [5, 5.41) is 11.5. The first-order valence-electron chi connectivity index (χ1n) is 8.45.